The number of likely N-dealkylation sites (tertiary alicyclic amines) is 1. The molecule has 1 aromatic rings. The highest BCUT2D eigenvalue weighted by atomic mass is 16.5. The van der Waals surface area contributed by atoms with E-state index in [1.807, 2.05) is 4.90 Å². The number of piperidine rings is 1. The van der Waals surface area contributed by atoms with E-state index in [0.29, 0.717) is 30.2 Å². The van der Waals surface area contributed by atoms with Gasteiger partial charge in [-0.3, -0.25) is 14.5 Å². The molecule has 7 heteroatoms. The van der Waals surface area contributed by atoms with Gasteiger partial charge in [-0.25, -0.2) is 0 Å². The summed E-state index contributed by atoms with van der Waals surface area (Å²) in [5.74, 6) is -0.238. The Labute approximate surface area is 135 Å². The highest BCUT2D eigenvalue weighted by Crippen LogP contribution is 2.29. The Morgan fingerprint density at radius 1 is 1.35 bits per heavy atom. The molecule has 1 amide bonds. The van der Waals surface area contributed by atoms with Crippen LogP contribution in [0.15, 0.2) is 18.2 Å². The lowest BCUT2D eigenvalue weighted by Crippen LogP contribution is -2.42. The first-order chi connectivity index (χ1) is 11.0. The summed E-state index contributed by atoms with van der Waals surface area (Å²) < 4.78 is 10.4. The molecule has 2 N–H and O–H groups in total. The molecule has 1 unspecified atom stereocenters. The second-order valence-corrected chi connectivity index (χ2v) is 5.53. The zero-order valence-electron chi connectivity index (χ0n) is 13.4. The van der Waals surface area contributed by atoms with Crippen molar-refractivity contribution < 1.29 is 24.2 Å². The SMILES string of the molecule is COc1ccc(NC(=O)CN2CCCC(C(=O)O)C2)c(OC)c1. The van der Waals surface area contributed by atoms with Crippen molar-refractivity contribution in [3.05, 3.63) is 18.2 Å². The number of aliphatic carboxylic acids is 1. The minimum atomic E-state index is -0.799. The average molecular weight is 322 g/mol. The summed E-state index contributed by atoms with van der Waals surface area (Å²) in [6.45, 7) is 1.30. The third-order valence-electron chi connectivity index (χ3n) is 3.90. The number of nitrogens with zero attached hydrogens (tertiary/aromatic N) is 1. The van der Waals surface area contributed by atoms with Gasteiger partial charge in [-0.1, -0.05) is 0 Å². The van der Waals surface area contributed by atoms with Crippen LogP contribution in [0.2, 0.25) is 0 Å². The maximum atomic E-state index is 12.2. The molecule has 1 fully saturated rings. The first kappa shape index (κ1) is 17.1. The van der Waals surface area contributed by atoms with E-state index in [-0.39, 0.29) is 12.5 Å². The molecule has 1 aromatic carbocycles. The number of benzene rings is 1. The number of rotatable bonds is 6. The van der Waals surface area contributed by atoms with Crippen LogP contribution in [-0.4, -0.2) is 55.7 Å². The molecule has 0 saturated carbocycles. The van der Waals surface area contributed by atoms with Gasteiger partial charge in [0, 0.05) is 12.6 Å². The van der Waals surface area contributed by atoms with E-state index in [1.165, 1.54) is 7.11 Å². The van der Waals surface area contributed by atoms with E-state index in [4.69, 9.17) is 14.6 Å². The van der Waals surface area contributed by atoms with Crippen LogP contribution in [0.4, 0.5) is 5.69 Å². The molecule has 0 spiro atoms. The summed E-state index contributed by atoms with van der Waals surface area (Å²) in [6, 6.07) is 5.14. The lowest BCUT2D eigenvalue weighted by molar-refractivity contribution is -0.144. The van der Waals surface area contributed by atoms with Crippen molar-refractivity contribution in [2.24, 2.45) is 5.92 Å². The second-order valence-electron chi connectivity index (χ2n) is 5.53. The van der Waals surface area contributed by atoms with Crippen molar-refractivity contribution in [3.63, 3.8) is 0 Å². The third-order valence-corrected chi connectivity index (χ3v) is 3.90. The van der Waals surface area contributed by atoms with E-state index in [2.05, 4.69) is 5.32 Å². The molecule has 1 atom stereocenters. The number of amides is 1. The Kier molecular flexibility index (Phi) is 5.81. The van der Waals surface area contributed by atoms with Crippen LogP contribution in [0.5, 0.6) is 11.5 Å². The fraction of sp³-hybridized carbons (Fsp3) is 0.500. The maximum Gasteiger partial charge on any atom is 0.307 e. The fourth-order valence-corrected chi connectivity index (χ4v) is 2.70. The van der Waals surface area contributed by atoms with Gasteiger partial charge >= 0.3 is 5.97 Å². The number of carboxylic acid groups (broad SMARTS) is 1. The van der Waals surface area contributed by atoms with Crippen LogP contribution in [0, 0.1) is 5.92 Å². The third kappa shape index (κ3) is 4.59. The number of carbonyl (C=O) groups is 2. The van der Waals surface area contributed by atoms with E-state index in [1.54, 1.807) is 25.3 Å². The van der Waals surface area contributed by atoms with E-state index >= 15 is 0 Å². The van der Waals surface area contributed by atoms with Gasteiger partial charge in [0.15, 0.2) is 0 Å². The van der Waals surface area contributed by atoms with Crippen molar-refractivity contribution >= 4 is 17.6 Å². The average Bonchev–Trinajstić information content (AvgIpc) is 2.55. The predicted octanol–water partition coefficient (Wildman–Crippen LogP) is 1.44. The van der Waals surface area contributed by atoms with Gasteiger partial charge in [0.25, 0.3) is 0 Å². The second kappa shape index (κ2) is 7.82. The fourth-order valence-electron chi connectivity index (χ4n) is 2.70. The van der Waals surface area contributed by atoms with Crippen LogP contribution in [0.3, 0.4) is 0 Å². The van der Waals surface area contributed by atoms with E-state index in [9.17, 15) is 9.59 Å². The maximum absolute atomic E-state index is 12.2. The Hall–Kier alpha value is -2.28. The quantitative estimate of drug-likeness (QED) is 0.824. The summed E-state index contributed by atoms with van der Waals surface area (Å²) in [5, 5.41) is 11.9. The highest BCUT2D eigenvalue weighted by molar-refractivity contribution is 5.93. The number of carboxylic acids is 1. The van der Waals surface area contributed by atoms with Crippen molar-refractivity contribution in [2.75, 3.05) is 39.2 Å². The number of methoxy groups -OCH3 is 2. The Bertz CT molecular complexity index is 576. The summed E-state index contributed by atoms with van der Waals surface area (Å²) in [7, 11) is 3.08. The van der Waals surface area contributed by atoms with Gasteiger partial charge in [0.2, 0.25) is 5.91 Å². The molecule has 7 nitrogen and oxygen atoms in total. The topological polar surface area (TPSA) is 88.1 Å². The van der Waals surface area contributed by atoms with Gasteiger partial charge in [-0.15, -0.1) is 0 Å². The number of anilines is 1. The Morgan fingerprint density at radius 2 is 2.13 bits per heavy atom. The summed E-state index contributed by atoms with van der Waals surface area (Å²) in [4.78, 5) is 25.1. The smallest absolute Gasteiger partial charge is 0.307 e. The predicted molar refractivity (Wildman–Crippen MR) is 85.0 cm³/mol. The number of hydrogen-bond acceptors (Lipinski definition) is 5. The number of ether oxygens (including phenoxy) is 2. The van der Waals surface area contributed by atoms with Crippen LogP contribution in [-0.2, 0) is 9.59 Å². The molecule has 1 aliphatic rings. The van der Waals surface area contributed by atoms with Crippen LogP contribution < -0.4 is 14.8 Å². The van der Waals surface area contributed by atoms with Crippen molar-refractivity contribution in [2.45, 2.75) is 12.8 Å². The van der Waals surface area contributed by atoms with Gasteiger partial charge in [-0.05, 0) is 31.5 Å². The molecule has 1 heterocycles. The molecule has 23 heavy (non-hydrogen) atoms. The standard InChI is InChI=1S/C16H22N2O5/c1-22-12-5-6-13(14(8-12)23-2)17-15(19)10-18-7-3-4-11(9-18)16(20)21/h5-6,8,11H,3-4,7,9-10H2,1-2H3,(H,17,19)(H,20,21). The number of hydrogen-bond donors (Lipinski definition) is 2. The molecular weight excluding hydrogens is 300 g/mol. The number of nitrogens with one attached hydrogen (secondary N) is 1. The highest BCUT2D eigenvalue weighted by Gasteiger charge is 2.26. The van der Waals surface area contributed by atoms with Crippen molar-refractivity contribution in [1.29, 1.82) is 0 Å². The largest absolute Gasteiger partial charge is 0.497 e. The molecule has 2 rings (SSSR count). The molecule has 1 aliphatic heterocycles. The summed E-state index contributed by atoms with van der Waals surface area (Å²) in [5.41, 5.74) is 0.560. The van der Waals surface area contributed by atoms with Crippen molar-refractivity contribution in [3.8, 4) is 11.5 Å². The van der Waals surface area contributed by atoms with Gasteiger partial charge in [0.05, 0.1) is 32.4 Å². The van der Waals surface area contributed by atoms with E-state index in [0.717, 1.165) is 13.0 Å². The summed E-state index contributed by atoms with van der Waals surface area (Å²) >= 11 is 0. The summed E-state index contributed by atoms with van der Waals surface area (Å²) in [6.07, 6.45) is 1.45. The zero-order chi connectivity index (χ0) is 16.8. The van der Waals surface area contributed by atoms with Crippen molar-refractivity contribution in [1.82, 2.24) is 4.90 Å². The zero-order valence-corrected chi connectivity index (χ0v) is 13.4. The van der Waals surface area contributed by atoms with Crippen LogP contribution >= 0.6 is 0 Å². The Morgan fingerprint density at radius 3 is 2.78 bits per heavy atom. The Balaban J connectivity index is 1.95. The van der Waals surface area contributed by atoms with Crippen LogP contribution in [0.1, 0.15) is 12.8 Å². The lowest BCUT2D eigenvalue weighted by atomic mass is 9.98. The number of carbonyl (C=O) groups excluding carboxylic acids is 1. The normalized spacial score (nSPS) is 18.3. The molecular formula is C16H22N2O5. The molecule has 0 aliphatic carbocycles. The first-order valence-electron chi connectivity index (χ1n) is 7.50. The first-order valence-corrected chi connectivity index (χ1v) is 7.50. The molecule has 1 saturated heterocycles. The molecule has 0 radical (unpaired) electrons. The van der Waals surface area contributed by atoms with Gasteiger partial charge < -0.3 is 19.9 Å². The minimum Gasteiger partial charge on any atom is -0.497 e. The lowest BCUT2D eigenvalue weighted by Gasteiger charge is -2.29. The van der Waals surface area contributed by atoms with E-state index < -0.39 is 11.9 Å². The van der Waals surface area contributed by atoms with Crippen LogP contribution in [0.25, 0.3) is 0 Å². The van der Waals surface area contributed by atoms with Gasteiger partial charge in [0.1, 0.15) is 11.5 Å². The molecule has 126 valence electrons. The van der Waals surface area contributed by atoms with Gasteiger partial charge in [-0.2, -0.15) is 0 Å². The molecule has 0 bridgehead atoms. The monoisotopic (exact) mass is 322 g/mol. The minimum absolute atomic E-state index is 0.166. The molecule has 0 aromatic heterocycles.